The van der Waals surface area contributed by atoms with Crippen molar-refractivity contribution in [2.75, 3.05) is 26.7 Å². The predicted molar refractivity (Wildman–Crippen MR) is 48.4 cm³/mol. The summed E-state index contributed by atoms with van der Waals surface area (Å²) in [5, 5.41) is 8.80. The predicted octanol–water partition coefficient (Wildman–Crippen LogP) is 0.427. The smallest absolute Gasteiger partial charge is 0.0672 e. The Balaban J connectivity index is 2.39. The first-order valence-corrected chi connectivity index (χ1v) is 4.56. The van der Waals surface area contributed by atoms with Gasteiger partial charge in [0.05, 0.1) is 12.0 Å². The van der Waals surface area contributed by atoms with Crippen LogP contribution < -0.4 is 5.73 Å². The summed E-state index contributed by atoms with van der Waals surface area (Å²) in [5.41, 5.74) is 5.51. The number of rotatable bonds is 2. The lowest BCUT2D eigenvalue weighted by atomic mass is 9.85. The maximum absolute atomic E-state index is 8.80. The Hall–Kier alpha value is -0.590. The fourth-order valence-electron chi connectivity index (χ4n) is 1.78. The van der Waals surface area contributed by atoms with Crippen molar-refractivity contribution in [2.24, 2.45) is 17.6 Å². The number of piperidine rings is 1. The number of nitriles is 1. The van der Waals surface area contributed by atoms with Gasteiger partial charge in [-0.15, -0.1) is 0 Å². The first kappa shape index (κ1) is 9.50. The van der Waals surface area contributed by atoms with Crippen LogP contribution in [0.4, 0.5) is 0 Å². The number of nitrogens with two attached hydrogens (primary N) is 1. The number of hydrogen-bond donors (Lipinski definition) is 1. The maximum atomic E-state index is 8.80. The van der Waals surface area contributed by atoms with E-state index >= 15 is 0 Å². The molecule has 1 heterocycles. The van der Waals surface area contributed by atoms with Crippen LogP contribution in [0.15, 0.2) is 0 Å². The molecule has 0 bridgehead atoms. The van der Waals surface area contributed by atoms with Gasteiger partial charge in [-0.25, -0.2) is 0 Å². The SMILES string of the molecule is CN1CCC(C(C#N)CN)CC1. The molecule has 1 saturated heterocycles. The van der Waals surface area contributed by atoms with E-state index < -0.39 is 0 Å². The second kappa shape index (κ2) is 4.44. The van der Waals surface area contributed by atoms with Crippen molar-refractivity contribution in [1.29, 1.82) is 5.26 Å². The van der Waals surface area contributed by atoms with Crippen LogP contribution in [-0.2, 0) is 0 Å². The molecule has 3 nitrogen and oxygen atoms in total. The van der Waals surface area contributed by atoms with Crippen molar-refractivity contribution in [3.63, 3.8) is 0 Å². The Kier molecular flexibility index (Phi) is 3.51. The fourth-order valence-corrected chi connectivity index (χ4v) is 1.78. The highest BCUT2D eigenvalue weighted by Crippen LogP contribution is 2.23. The van der Waals surface area contributed by atoms with Crippen molar-refractivity contribution >= 4 is 0 Å². The van der Waals surface area contributed by atoms with E-state index in [4.69, 9.17) is 11.0 Å². The van der Waals surface area contributed by atoms with Crippen LogP contribution >= 0.6 is 0 Å². The summed E-state index contributed by atoms with van der Waals surface area (Å²) < 4.78 is 0. The van der Waals surface area contributed by atoms with Crippen LogP contribution in [0.25, 0.3) is 0 Å². The van der Waals surface area contributed by atoms with E-state index in [1.165, 1.54) is 0 Å². The summed E-state index contributed by atoms with van der Waals surface area (Å²) in [6.07, 6.45) is 2.26. The normalized spacial score (nSPS) is 23.4. The van der Waals surface area contributed by atoms with Gasteiger partial charge in [0.1, 0.15) is 0 Å². The summed E-state index contributed by atoms with van der Waals surface area (Å²) in [7, 11) is 2.13. The van der Waals surface area contributed by atoms with E-state index in [1.807, 2.05) is 0 Å². The Morgan fingerprint density at radius 1 is 1.58 bits per heavy atom. The van der Waals surface area contributed by atoms with Crippen LogP contribution in [0.3, 0.4) is 0 Å². The Morgan fingerprint density at radius 2 is 2.17 bits per heavy atom. The molecule has 3 heteroatoms. The lowest BCUT2D eigenvalue weighted by Gasteiger charge is -2.30. The van der Waals surface area contributed by atoms with E-state index in [9.17, 15) is 0 Å². The average Bonchev–Trinajstić information content (AvgIpc) is 2.10. The zero-order valence-corrected chi connectivity index (χ0v) is 7.66. The zero-order valence-electron chi connectivity index (χ0n) is 7.66. The lowest BCUT2D eigenvalue weighted by Crippen LogP contribution is -2.35. The molecule has 12 heavy (non-hydrogen) atoms. The molecule has 0 radical (unpaired) electrons. The molecule has 1 rings (SSSR count). The van der Waals surface area contributed by atoms with Gasteiger partial charge < -0.3 is 10.6 Å². The first-order valence-electron chi connectivity index (χ1n) is 4.56. The highest BCUT2D eigenvalue weighted by atomic mass is 15.1. The fraction of sp³-hybridized carbons (Fsp3) is 0.889. The number of nitrogens with zero attached hydrogens (tertiary/aromatic N) is 2. The molecule has 2 N–H and O–H groups in total. The van der Waals surface area contributed by atoms with E-state index in [2.05, 4.69) is 18.0 Å². The molecule has 1 atom stereocenters. The van der Waals surface area contributed by atoms with E-state index in [0.717, 1.165) is 25.9 Å². The largest absolute Gasteiger partial charge is 0.329 e. The Labute approximate surface area is 74.1 Å². The summed E-state index contributed by atoms with van der Waals surface area (Å²) >= 11 is 0. The molecular formula is C9H17N3. The first-order chi connectivity index (χ1) is 5.77. The Morgan fingerprint density at radius 3 is 2.58 bits per heavy atom. The molecule has 1 aliphatic heterocycles. The third-order valence-corrected chi connectivity index (χ3v) is 2.75. The van der Waals surface area contributed by atoms with E-state index in [0.29, 0.717) is 12.5 Å². The quantitative estimate of drug-likeness (QED) is 0.648. The third-order valence-electron chi connectivity index (χ3n) is 2.75. The molecule has 0 spiro atoms. The van der Waals surface area contributed by atoms with Gasteiger partial charge in [-0.1, -0.05) is 0 Å². The molecular weight excluding hydrogens is 150 g/mol. The molecule has 1 fully saturated rings. The minimum Gasteiger partial charge on any atom is -0.329 e. The molecule has 0 saturated carbocycles. The molecule has 1 unspecified atom stereocenters. The van der Waals surface area contributed by atoms with Crippen molar-refractivity contribution in [1.82, 2.24) is 4.90 Å². The van der Waals surface area contributed by atoms with Crippen molar-refractivity contribution < 1.29 is 0 Å². The molecule has 1 aliphatic rings. The number of likely N-dealkylation sites (tertiary alicyclic amines) is 1. The van der Waals surface area contributed by atoms with Crippen molar-refractivity contribution in [3.8, 4) is 6.07 Å². The van der Waals surface area contributed by atoms with Gasteiger partial charge in [0, 0.05) is 6.54 Å². The summed E-state index contributed by atoms with van der Waals surface area (Å²) in [6.45, 7) is 2.75. The lowest BCUT2D eigenvalue weighted by molar-refractivity contribution is 0.193. The number of hydrogen-bond acceptors (Lipinski definition) is 3. The third kappa shape index (κ3) is 2.20. The summed E-state index contributed by atoms with van der Waals surface area (Å²) in [4.78, 5) is 2.31. The summed E-state index contributed by atoms with van der Waals surface area (Å²) in [5.74, 6) is 0.620. The van der Waals surface area contributed by atoms with Gasteiger partial charge in [-0.05, 0) is 38.9 Å². The van der Waals surface area contributed by atoms with E-state index in [-0.39, 0.29) is 5.92 Å². The Bertz CT molecular complexity index is 165. The van der Waals surface area contributed by atoms with Crippen LogP contribution in [0.1, 0.15) is 12.8 Å². The van der Waals surface area contributed by atoms with Crippen LogP contribution in [0, 0.1) is 23.2 Å². The molecule has 0 aromatic rings. The van der Waals surface area contributed by atoms with Gasteiger partial charge in [-0.3, -0.25) is 0 Å². The van der Waals surface area contributed by atoms with Gasteiger partial charge in [0.25, 0.3) is 0 Å². The second-order valence-corrected chi connectivity index (χ2v) is 3.61. The standard InChI is InChI=1S/C9H17N3/c1-12-4-2-8(3-5-12)9(6-10)7-11/h8-9H,2-6,10H2,1H3. The second-order valence-electron chi connectivity index (χ2n) is 3.61. The van der Waals surface area contributed by atoms with Gasteiger partial charge in [0.15, 0.2) is 0 Å². The van der Waals surface area contributed by atoms with E-state index in [1.54, 1.807) is 0 Å². The highest BCUT2D eigenvalue weighted by Gasteiger charge is 2.23. The van der Waals surface area contributed by atoms with Gasteiger partial charge in [-0.2, -0.15) is 5.26 Å². The molecule has 68 valence electrons. The van der Waals surface area contributed by atoms with Gasteiger partial charge in [0.2, 0.25) is 0 Å². The van der Waals surface area contributed by atoms with Gasteiger partial charge >= 0.3 is 0 Å². The molecule has 0 aromatic carbocycles. The maximum Gasteiger partial charge on any atom is 0.0672 e. The average molecular weight is 167 g/mol. The zero-order chi connectivity index (χ0) is 8.97. The molecule has 0 aliphatic carbocycles. The molecule has 0 aromatic heterocycles. The van der Waals surface area contributed by atoms with Crippen LogP contribution in [0.5, 0.6) is 0 Å². The monoisotopic (exact) mass is 167 g/mol. The minimum atomic E-state index is 0.0821. The minimum absolute atomic E-state index is 0.0821. The topological polar surface area (TPSA) is 53.0 Å². The van der Waals surface area contributed by atoms with Crippen molar-refractivity contribution in [2.45, 2.75) is 12.8 Å². The van der Waals surface area contributed by atoms with Crippen LogP contribution in [-0.4, -0.2) is 31.6 Å². The summed E-state index contributed by atoms with van der Waals surface area (Å²) in [6, 6.07) is 2.29. The van der Waals surface area contributed by atoms with Crippen LogP contribution in [0.2, 0.25) is 0 Å². The van der Waals surface area contributed by atoms with Crippen molar-refractivity contribution in [3.05, 3.63) is 0 Å². The highest BCUT2D eigenvalue weighted by molar-refractivity contribution is 4.90. The molecule has 0 amide bonds.